The Bertz CT molecular complexity index is 575. The molecule has 0 aliphatic heterocycles. The van der Waals surface area contributed by atoms with E-state index in [-0.39, 0.29) is 0 Å². The van der Waals surface area contributed by atoms with Crippen molar-refractivity contribution in [3.8, 4) is 0 Å². The van der Waals surface area contributed by atoms with Crippen molar-refractivity contribution < 1.29 is 0 Å². The number of aromatic nitrogens is 2. The van der Waals surface area contributed by atoms with Crippen LogP contribution in [0.2, 0.25) is 0 Å². The van der Waals surface area contributed by atoms with Crippen molar-refractivity contribution in [1.29, 1.82) is 0 Å². The van der Waals surface area contributed by atoms with E-state index in [0.29, 0.717) is 5.11 Å². The summed E-state index contributed by atoms with van der Waals surface area (Å²) in [7, 11) is 0. The number of nitrogens with one attached hydrogen (secondary N) is 1. The van der Waals surface area contributed by atoms with E-state index in [1.165, 1.54) is 23.1 Å². The molecule has 0 saturated heterocycles. The number of thiocarbonyl (C=S) groups is 1. The molecule has 22 heavy (non-hydrogen) atoms. The van der Waals surface area contributed by atoms with Crippen LogP contribution in [0.3, 0.4) is 0 Å². The van der Waals surface area contributed by atoms with Crippen LogP contribution >= 0.6 is 94.8 Å². The van der Waals surface area contributed by atoms with Gasteiger partial charge in [0.25, 0.3) is 0 Å². The van der Waals surface area contributed by atoms with E-state index in [0.717, 1.165) is 43.7 Å². The molecule has 0 radical (unpaired) electrons. The summed E-state index contributed by atoms with van der Waals surface area (Å²) in [5.74, 6) is 1.89. The van der Waals surface area contributed by atoms with E-state index in [1.54, 1.807) is 11.8 Å². The topological polar surface area (TPSA) is 63.8 Å². The van der Waals surface area contributed by atoms with Crippen LogP contribution in [0, 0.1) is 0 Å². The molecule has 0 fully saturated rings. The number of hydrogen-bond donors (Lipinski definition) is 2. The lowest BCUT2D eigenvalue weighted by atomic mass is 10.5. The minimum absolute atomic E-state index is 0.362. The molecule has 3 N–H and O–H groups in total. The Morgan fingerprint density at radius 2 is 1.82 bits per heavy atom. The summed E-state index contributed by atoms with van der Waals surface area (Å²) in [5.41, 5.74) is 7.47. The second-order valence-electron chi connectivity index (χ2n) is 3.70. The maximum atomic E-state index is 5.29. The molecule has 0 spiro atoms. The quantitative estimate of drug-likeness (QED) is 0.297. The summed E-state index contributed by atoms with van der Waals surface area (Å²) >= 11 is 19.5. The highest BCUT2D eigenvalue weighted by Gasteiger charge is 2.02. The van der Waals surface area contributed by atoms with Crippen LogP contribution in [-0.4, -0.2) is 26.2 Å². The van der Waals surface area contributed by atoms with E-state index in [9.17, 15) is 0 Å². The van der Waals surface area contributed by atoms with Crippen LogP contribution in [0.4, 0.5) is 0 Å². The molecule has 2 heterocycles. The molecule has 2 aromatic rings. The normalized spacial score (nSPS) is 9.95. The highest BCUT2D eigenvalue weighted by Crippen LogP contribution is 2.22. The van der Waals surface area contributed by atoms with Crippen molar-refractivity contribution >= 4 is 99.9 Å². The third-order valence-corrected chi connectivity index (χ3v) is 7.06. The van der Waals surface area contributed by atoms with Crippen LogP contribution in [0.1, 0.15) is 11.4 Å². The van der Waals surface area contributed by atoms with Gasteiger partial charge in [0, 0.05) is 34.1 Å². The van der Waals surface area contributed by atoms with Gasteiger partial charge in [-0.3, -0.25) is 0 Å². The first-order valence-electron chi connectivity index (χ1n) is 5.89. The molecule has 0 saturated carbocycles. The fourth-order valence-electron chi connectivity index (χ4n) is 1.09. The van der Waals surface area contributed by atoms with Gasteiger partial charge >= 0.3 is 0 Å². The molecule has 11 heteroatoms. The van der Waals surface area contributed by atoms with E-state index in [4.69, 9.17) is 5.73 Å². The number of thioether (sulfide) groups is 1. The smallest absolute Gasteiger partial charge is 0.163 e. The Morgan fingerprint density at radius 3 is 2.23 bits per heavy atom. The molecular weight excluding hydrogens is 556 g/mol. The molecule has 0 aliphatic carbocycles. The Balaban J connectivity index is 0.000000255. The van der Waals surface area contributed by atoms with E-state index in [1.807, 2.05) is 10.8 Å². The van der Waals surface area contributed by atoms with Gasteiger partial charge in [-0.15, -0.1) is 0 Å². The second kappa shape index (κ2) is 12.2. The lowest BCUT2D eigenvalue weighted by Gasteiger charge is -2.02. The van der Waals surface area contributed by atoms with Gasteiger partial charge in [0.05, 0.1) is 20.3 Å². The Kier molecular flexibility index (Phi) is 11.5. The molecule has 0 atom stereocenters. The number of nitrogens with two attached hydrogens (primary N) is 1. The van der Waals surface area contributed by atoms with Gasteiger partial charge in [-0.1, -0.05) is 15.9 Å². The summed E-state index contributed by atoms with van der Waals surface area (Å²) in [6.45, 7) is 0.807. The minimum atomic E-state index is 0.362. The maximum Gasteiger partial charge on any atom is 0.163 e. The van der Waals surface area contributed by atoms with Gasteiger partial charge in [-0.05, 0) is 67.1 Å². The Labute approximate surface area is 172 Å². The standard InChI is InChI=1S/C7H10BrN3S3.C4H3Br2NS/c8-5-3-14-11-6(5)4-13-2-1-10-7(9)12;5-1-4-3(6)2-8-7-4/h3H,1-2,4H2,(H3,9,10,12);2H,1H2. The molecule has 2 aromatic heterocycles. The van der Waals surface area contributed by atoms with Gasteiger partial charge in [0.2, 0.25) is 0 Å². The van der Waals surface area contributed by atoms with Crippen molar-refractivity contribution in [3.63, 3.8) is 0 Å². The van der Waals surface area contributed by atoms with Crippen LogP contribution in [0.15, 0.2) is 19.7 Å². The van der Waals surface area contributed by atoms with Crippen molar-refractivity contribution in [3.05, 3.63) is 31.1 Å². The molecule has 0 amide bonds. The minimum Gasteiger partial charge on any atom is -0.376 e. The highest BCUT2D eigenvalue weighted by molar-refractivity contribution is 9.11. The largest absolute Gasteiger partial charge is 0.376 e. The Morgan fingerprint density at radius 1 is 1.23 bits per heavy atom. The molecule has 4 nitrogen and oxygen atoms in total. The molecule has 0 aliphatic rings. The molecule has 122 valence electrons. The van der Waals surface area contributed by atoms with Crippen molar-refractivity contribution in [1.82, 2.24) is 14.1 Å². The average Bonchev–Trinajstić information content (AvgIpc) is 3.07. The van der Waals surface area contributed by atoms with Crippen LogP contribution in [0.25, 0.3) is 0 Å². The molecule has 0 aromatic carbocycles. The predicted molar refractivity (Wildman–Crippen MR) is 113 cm³/mol. The lowest BCUT2D eigenvalue weighted by Crippen LogP contribution is -2.30. The number of alkyl halides is 1. The van der Waals surface area contributed by atoms with Gasteiger partial charge in [0.1, 0.15) is 0 Å². The fourth-order valence-corrected chi connectivity index (χ4v) is 5.57. The monoisotopic (exact) mass is 566 g/mol. The third-order valence-electron chi connectivity index (χ3n) is 2.10. The third kappa shape index (κ3) is 8.55. The zero-order valence-corrected chi connectivity index (χ0v) is 19.2. The van der Waals surface area contributed by atoms with E-state index in [2.05, 4.69) is 74.1 Å². The summed E-state index contributed by atoms with van der Waals surface area (Å²) in [4.78, 5) is 0. The molecule has 2 rings (SSSR count). The number of nitrogens with zero attached hydrogens (tertiary/aromatic N) is 2. The molecular formula is C11H13Br3N4S4. The first kappa shape index (κ1) is 20.8. The maximum absolute atomic E-state index is 5.29. The van der Waals surface area contributed by atoms with Gasteiger partial charge in [-0.2, -0.15) is 20.5 Å². The zero-order chi connectivity index (χ0) is 16.4. The summed E-state index contributed by atoms with van der Waals surface area (Å²) in [6.07, 6.45) is 0. The second-order valence-corrected chi connectivity index (χ2v) is 8.77. The van der Waals surface area contributed by atoms with Crippen molar-refractivity contribution in [2.45, 2.75) is 11.1 Å². The predicted octanol–water partition coefficient (Wildman–Crippen LogP) is 4.77. The summed E-state index contributed by atoms with van der Waals surface area (Å²) in [6, 6.07) is 0. The Hall–Kier alpha value is 0.740. The van der Waals surface area contributed by atoms with Gasteiger partial charge in [0.15, 0.2) is 5.11 Å². The summed E-state index contributed by atoms with van der Waals surface area (Å²) in [5, 5.41) is 8.05. The van der Waals surface area contributed by atoms with Gasteiger partial charge in [-0.25, -0.2) is 0 Å². The first-order valence-corrected chi connectivity index (χ1v) is 11.8. The van der Waals surface area contributed by atoms with Crippen molar-refractivity contribution in [2.75, 3.05) is 12.3 Å². The number of hydrogen-bond acceptors (Lipinski definition) is 6. The SMILES string of the molecule is BrCc1nscc1Br.NC(=S)NCCSCc1nscc1Br. The van der Waals surface area contributed by atoms with Crippen LogP contribution in [0.5, 0.6) is 0 Å². The number of halogens is 3. The molecule has 0 bridgehead atoms. The fraction of sp³-hybridized carbons (Fsp3) is 0.364. The van der Waals surface area contributed by atoms with E-state index >= 15 is 0 Å². The zero-order valence-electron chi connectivity index (χ0n) is 11.2. The summed E-state index contributed by atoms with van der Waals surface area (Å²) < 4.78 is 10.5. The van der Waals surface area contributed by atoms with E-state index < -0.39 is 0 Å². The molecule has 0 unspecified atom stereocenters. The average molecular weight is 569 g/mol. The van der Waals surface area contributed by atoms with Crippen LogP contribution < -0.4 is 11.1 Å². The lowest BCUT2D eigenvalue weighted by molar-refractivity contribution is 0.982. The number of rotatable bonds is 6. The highest BCUT2D eigenvalue weighted by atomic mass is 79.9. The van der Waals surface area contributed by atoms with Crippen molar-refractivity contribution in [2.24, 2.45) is 5.73 Å². The first-order chi connectivity index (χ1) is 10.5. The van der Waals surface area contributed by atoms with Gasteiger partial charge < -0.3 is 11.1 Å². The van der Waals surface area contributed by atoms with Crippen LogP contribution in [-0.2, 0) is 11.1 Å².